The number of rotatable bonds is 6. The molecule has 5 aromatic rings. The summed E-state index contributed by atoms with van der Waals surface area (Å²) in [5, 5.41) is 14.5. The Morgan fingerprint density at radius 1 is 0.781 bits per heavy atom. The van der Waals surface area contributed by atoms with E-state index in [1.54, 1.807) is 24.5 Å². The van der Waals surface area contributed by atoms with Gasteiger partial charge in [0.2, 0.25) is 5.88 Å². The van der Waals surface area contributed by atoms with Crippen molar-refractivity contribution in [2.75, 3.05) is 0 Å². The van der Waals surface area contributed by atoms with Crippen LogP contribution in [0.5, 0.6) is 11.6 Å². The molecule has 5 nitrogen and oxygen atoms in total. The van der Waals surface area contributed by atoms with Crippen molar-refractivity contribution in [3.05, 3.63) is 115 Å². The molecule has 0 fully saturated rings. The maximum atomic E-state index is 9.93. The molecule has 0 atom stereocenters. The number of hydrogen-bond acceptors (Lipinski definition) is 4. The SMILES string of the molecule is Oc1cccc(-c2cnc(OCc3ccccc3)c(-c3ccnn3-c3ccccc3)c2)c1. The number of hydrogen-bond donors (Lipinski definition) is 1. The molecule has 0 saturated carbocycles. The molecule has 5 heteroatoms. The number of nitrogens with zero attached hydrogens (tertiary/aromatic N) is 3. The molecule has 0 spiro atoms. The molecule has 2 heterocycles. The highest BCUT2D eigenvalue weighted by atomic mass is 16.5. The molecule has 2 aromatic heterocycles. The Hall–Kier alpha value is -4.38. The standard InChI is InChI=1S/C27H21N3O2/c31-24-13-7-10-21(16-24)22-17-25(26-14-15-29-30(26)23-11-5-2-6-12-23)27(28-18-22)32-19-20-8-3-1-4-9-20/h1-18,31H,19H2. The van der Waals surface area contributed by atoms with Crippen molar-refractivity contribution in [2.24, 2.45) is 0 Å². The predicted molar refractivity (Wildman–Crippen MR) is 125 cm³/mol. The van der Waals surface area contributed by atoms with Gasteiger partial charge in [0.25, 0.3) is 0 Å². The average molecular weight is 419 g/mol. The maximum Gasteiger partial charge on any atom is 0.223 e. The molecule has 0 radical (unpaired) electrons. The Bertz CT molecular complexity index is 1330. The molecule has 0 unspecified atom stereocenters. The lowest BCUT2D eigenvalue weighted by Gasteiger charge is -2.14. The third-order valence-electron chi connectivity index (χ3n) is 5.17. The Balaban J connectivity index is 1.60. The smallest absolute Gasteiger partial charge is 0.223 e. The van der Waals surface area contributed by atoms with Crippen LogP contribution in [0, 0.1) is 0 Å². The molecule has 0 amide bonds. The lowest BCUT2D eigenvalue weighted by Crippen LogP contribution is -2.03. The first-order chi connectivity index (χ1) is 15.8. The molecule has 32 heavy (non-hydrogen) atoms. The van der Waals surface area contributed by atoms with E-state index >= 15 is 0 Å². The first-order valence-electron chi connectivity index (χ1n) is 10.3. The van der Waals surface area contributed by atoms with Gasteiger partial charge in [0.1, 0.15) is 12.4 Å². The van der Waals surface area contributed by atoms with Crippen LogP contribution in [0.4, 0.5) is 0 Å². The van der Waals surface area contributed by atoms with Crippen molar-refractivity contribution in [1.29, 1.82) is 0 Å². The van der Waals surface area contributed by atoms with Gasteiger partial charge in [0, 0.05) is 11.8 Å². The zero-order valence-electron chi connectivity index (χ0n) is 17.3. The minimum atomic E-state index is 0.211. The van der Waals surface area contributed by atoms with E-state index < -0.39 is 0 Å². The van der Waals surface area contributed by atoms with Gasteiger partial charge in [-0.1, -0.05) is 60.7 Å². The summed E-state index contributed by atoms with van der Waals surface area (Å²) in [4.78, 5) is 4.65. The molecule has 0 aliphatic carbocycles. The Kier molecular flexibility index (Phi) is 5.37. The summed E-state index contributed by atoms with van der Waals surface area (Å²) in [6.07, 6.45) is 3.53. The van der Waals surface area contributed by atoms with E-state index in [1.165, 1.54) is 0 Å². The number of phenols is 1. The molecule has 0 saturated heterocycles. The number of pyridine rings is 1. The minimum absolute atomic E-state index is 0.211. The molecule has 0 aliphatic heterocycles. The van der Waals surface area contributed by atoms with E-state index in [1.807, 2.05) is 89.6 Å². The van der Waals surface area contributed by atoms with Crippen molar-refractivity contribution in [3.63, 3.8) is 0 Å². The van der Waals surface area contributed by atoms with Crippen LogP contribution >= 0.6 is 0 Å². The molecular weight excluding hydrogens is 398 g/mol. The highest BCUT2D eigenvalue weighted by Crippen LogP contribution is 2.34. The van der Waals surface area contributed by atoms with E-state index in [0.717, 1.165) is 33.6 Å². The molecular formula is C27H21N3O2. The van der Waals surface area contributed by atoms with E-state index in [9.17, 15) is 5.11 Å². The van der Waals surface area contributed by atoms with Gasteiger partial charge in [-0.15, -0.1) is 0 Å². The second-order valence-corrected chi connectivity index (χ2v) is 7.37. The van der Waals surface area contributed by atoms with E-state index in [-0.39, 0.29) is 5.75 Å². The number of aromatic hydroxyl groups is 1. The van der Waals surface area contributed by atoms with Gasteiger partial charge < -0.3 is 9.84 Å². The molecule has 0 aliphatic rings. The van der Waals surface area contributed by atoms with Crippen molar-refractivity contribution in [2.45, 2.75) is 6.61 Å². The van der Waals surface area contributed by atoms with Gasteiger partial charge in [-0.05, 0) is 47.5 Å². The Labute approximate surface area is 186 Å². The van der Waals surface area contributed by atoms with Crippen LogP contribution in [0.15, 0.2) is 109 Å². The largest absolute Gasteiger partial charge is 0.508 e. The van der Waals surface area contributed by atoms with Crippen molar-refractivity contribution >= 4 is 0 Å². The Morgan fingerprint density at radius 3 is 2.34 bits per heavy atom. The first kappa shape index (κ1) is 19.6. The van der Waals surface area contributed by atoms with Gasteiger partial charge in [-0.25, -0.2) is 9.67 Å². The molecule has 5 rings (SSSR count). The van der Waals surface area contributed by atoms with Crippen molar-refractivity contribution in [3.8, 4) is 39.7 Å². The van der Waals surface area contributed by atoms with Crippen LogP contribution in [0.25, 0.3) is 28.1 Å². The lowest BCUT2D eigenvalue weighted by molar-refractivity contribution is 0.295. The topological polar surface area (TPSA) is 60.2 Å². The quantitative estimate of drug-likeness (QED) is 0.373. The normalized spacial score (nSPS) is 10.8. The van der Waals surface area contributed by atoms with E-state index in [0.29, 0.717) is 12.5 Å². The predicted octanol–water partition coefficient (Wildman–Crippen LogP) is 5.89. The fraction of sp³-hybridized carbons (Fsp3) is 0.0370. The fourth-order valence-electron chi connectivity index (χ4n) is 3.60. The van der Waals surface area contributed by atoms with Crippen molar-refractivity contribution < 1.29 is 9.84 Å². The molecule has 1 N–H and O–H groups in total. The van der Waals surface area contributed by atoms with Crippen LogP contribution in [-0.2, 0) is 6.61 Å². The van der Waals surface area contributed by atoms with E-state index in [2.05, 4.69) is 10.1 Å². The maximum absolute atomic E-state index is 9.93. The number of benzene rings is 3. The summed E-state index contributed by atoms with van der Waals surface area (Å²) >= 11 is 0. The highest BCUT2D eigenvalue weighted by Gasteiger charge is 2.16. The van der Waals surface area contributed by atoms with Crippen LogP contribution in [0.1, 0.15) is 5.56 Å². The zero-order chi connectivity index (χ0) is 21.8. The summed E-state index contributed by atoms with van der Waals surface area (Å²) in [6.45, 7) is 0.409. The second kappa shape index (κ2) is 8.78. The number of aromatic nitrogens is 3. The number of ether oxygens (including phenoxy) is 1. The summed E-state index contributed by atoms with van der Waals surface area (Å²) in [5.41, 5.74) is 5.46. The van der Waals surface area contributed by atoms with Crippen molar-refractivity contribution in [1.82, 2.24) is 14.8 Å². The van der Waals surface area contributed by atoms with Crippen LogP contribution in [-0.4, -0.2) is 19.9 Å². The van der Waals surface area contributed by atoms with Gasteiger partial charge in [-0.2, -0.15) is 5.10 Å². The monoisotopic (exact) mass is 419 g/mol. The average Bonchev–Trinajstić information content (AvgIpc) is 3.34. The highest BCUT2D eigenvalue weighted by molar-refractivity contribution is 5.75. The molecule has 0 bridgehead atoms. The van der Waals surface area contributed by atoms with Gasteiger partial charge >= 0.3 is 0 Å². The summed E-state index contributed by atoms with van der Waals surface area (Å²) in [7, 11) is 0. The first-order valence-corrected chi connectivity index (χ1v) is 10.3. The summed E-state index contributed by atoms with van der Waals surface area (Å²) in [6, 6.07) is 31.1. The zero-order valence-corrected chi connectivity index (χ0v) is 17.3. The van der Waals surface area contributed by atoms with Gasteiger partial charge in [-0.3, -0.25) is 0 Å². The van der Waals surface area contributed by atoms with E-state index in [4.69, 9.17) is 4.74 Å². The van der Waals surface area contributed by atoms with Gasteiger partial charge in [0.15, 0.2) is 0 Å². The van der Waals surface area contributed by atoms with Crippen LogP contribution in [0.2, 0.25) is 0 Å². The molecule has 3 aromatic carbocycles. The Morgan fingerprint density at radius 2 is 1.56 bits per heavy atom. The third-order valence-corrected chi connectivity index (χ3v) is 5.17. The third kappa shape index (κ3) is 4.09. The summed E-state index contributed by atoms with van der Waals surface area (Å²) in [5.74, 6) is 0.734. The number of para-hydroxylation sites is 1. The lowest BCUT2D eigenvalue weighted by atomic mass is 10.0. The van der Waals surface area contributed by atoms with Crippen LogP contribution in [0.3, 0.4) is 0 Å². The molecule has 156 valence electrons. The van der Waals surface area contributed by atoms with Gasteiger partial charge in [0.05, 0.1) is 23.1 Å². The minimum Gasteiger partial charge on any atom is -0.508 e. The second-order valence-electron chi connectivity index (χ2n) is 7.37. The summed E-state index contributed by atoms with van der Waals surface area (Å²) < 4.78 is 8.02. The van der Waals surface area contributed by atoms with Crippen LogP contribution < -0.4 is 4.74 Å². The fourth-order valence-corrected chi connectivity index (χ4v) is 3.60. The number of phenolic OH excluding ortho intramolecular Hbond substituents is 1.